The van der Waals surface area contributed by atoms with E-state index in [0.29, 0.717) is 10.4 Å². The molecule has 3 aromatic rings. The van der Waals surface area contributed by atoms with E-state index in [9.17, 15) is 34.8 Å². The Labute approximate surface area is 241 Å². The molecular formula is C25H25Cl2F3N2O6S2. The molecule has 0 saturated heterocycles. The van der Waals surface area contributed by atoms with E-state index in [4.69, 9.17) is 17.3 Å². The van der Waals surface area contributed by atoms with Crippen LogP contribution in [0.2, 0.25) is 5.02 Å². The molecule has 3 aromatic carbocycles. The van der Waals surface area contributed by atoms with Crippen LogP contribution in [-0.2, 0) is 35.1 Å². The standard InChI is InChI=1S/C25H24ClF3N2O6S2.ClH/c1-15(21-9-5-18(27)11-16(21)13-38(33,34)14-23(30)25(32)37-2)31(24-12-19(28)6-10-22(24)29)39(35,36)20-7-3-17(26)4-8-20;/h3-12,15,23H,13-14,30H2,1-2H3;1H/t15-,23?;/m1./s1. The fraction of sp³-hybridized carbons (Fsp3) is 0.240. The minimum Gasteiger partial charge on any atom is -0.468 e. The maximum absolute atomic E-state index is 15.0. The van der Waals surface area contributed by atoms with E-state index in [2.05, 4.69) is 4.74 Å². The quantitative estimate of drug-likeness (QED) is 0.322. The SMILES string of the molecule is COC(=O)C(N)CS(=O)(=O)Cc1cc(F)ccc1[C@@H](C)N(c1cc(F)ccc1F)S(=O)(=O)c1ccc(Cl)cc1.Cl. The second-order valence-corrected chi connectivity index (χ2v) is 12.9. The molecule has 0 radical (unpaired) electrons. The molecule has 0 amide bonds. The number of sulfonamides is 1. The van der Waals surface area contributed by atoms with Crippen molar-refractivity contribution in [3.63, 3.8) is 0 Å². The van der Waals surface area contributed by atoms with Crippen LogP contribution in [0.15, 0.2) is 65.6 Å². The largest absolute Gasteiger partial charge is 0.468 e. The lowest BCUT2D eigenvalue weighted by molar-refractivity contribution is -0.141. The minimum absolute atomic E-state index is 0. The van der Waals surface area contributed by atoms with E-state index in [1.807, 2.05) is 0 Å². The molecule has 3 rings (SSSR count). The predicted octanol–water partition coefficient (Wildman–Crippen LogP) is 4.55. The van der Waals surface area contributed by atoms with E-state index in [-0.39, 0.29) is 33.5 Å². The van der Waals surface area contributed by atoms with E-state index < -0.39 is 72.6 Å². The summed E-state index contributed by atoms with van der Waals surface area (Å²) >= 11 is 5.88. The van der Waals surface area contributed by atoms with Crippen molar-refractivity contribution in [3.05, 3.63) is 94.3 Å². The van der Waals surface area contributed by atoms with E-state index in [1.165, 1.54) is 31.2 Å². The number of esters is 1. The Balaban J connectivity index is 0.00000560. The zero-order chi connectivity index (χ0) is 29.1. The average Bonchev–Trinajstić information content (AvgIpc) is 2.85. The number of sulfone groups is 1. The number of nitrogens with two attached hydrogens (primary N) is 1. The summed E-state index contributed by atoms with van der Waals surface area (Å²) in [5.41, 5.74) is 4.72. The summed E-state index contributed by atoms with van der Waals surface area (Å²) in [6.45, 7) is 1.31. The van der Waals surface area contributed by atoms with Gasteiger partial charge < -0.3 is 10.5 Å². The van der Waals surface area contributed by atoms with Gasteiger partial charge >= 0.3 is 5.97 Å². The molecule has 8 nitrogen and oxygen atoms in total. The van der Waals surface area contributed by atoms with Gasteiger partial charge in [-0.2, -0.15) is 0 Å². The summed E-state index contributed by atoms with van der Waals surface area (Å²) < 4.78 is 102. The Morgan fingerprint density at radius 1 is 0.975 bits per heavy atom. The molecule has 40 heavy (non-hydrogen) atoms. The first-order valence-electron chi connectivity index (χ1n) is 11.2. The van der Waals surface area contributed by atoms with Crippen LogP contribution in [0, 0.1) is 17.5 Å². The van der Waals surface area contributed by atoms with Crippen LogP contribution in [0.1, 0.15) is 24.1 Å². The third kappa shape index (κ3) is 7.67. The number of hydrogen-bond acceptors (Lipinski definition) is 7. The van der Waals surface area contributed by atoms with Gasteiger partial charge in [-0.25, -0.2) is 30.0 Å². The van der Waals surface area contributed by atoms with Gasteiger partial charge in [-0.15, -0.1) is 12.4 Å². The summed E-state index contributed by atoms with van der Waals surface area (Å²) in [5.74, 6) is -5.51. The van der Waals surface area contributed by atoms with Crippen molar-refractivity contribution in [3.8, 4) is 0 Å². The molecule has 0 aliphatic carbocycles. The lowest BCUT2D eigenvalue weighted by Crippen LogP contribution is -2.39. The highest BCUT2D eigenvalue weighted by molar-refractivity contribution is 7.92. The van der Waals surface area contributed by atoms with E-state index in [0.717, 1.165) is 37.4 Å². The van der Waals surface area contributed by atoms with Crippen LogP contribution in [0.3, 0.4) is 0 Å². The molecule has 0 aromatic heterocycles. The number of hydrogen-bond donors (Lipinski definition) is 1. The Morgan fingerprint density at radius 2 is 1.55 bits per heavy atom. The Kier molecular flexibility index (Phi) is 11.0. The van der Waals surface area contributed by atoms with Crippen molar-refractivity contribution in [1.82, 2.24) is 0 Å². The van der Waals surface area contributed by atoms with Crippen molar-refractivity contribution in [2.75, 3.05) is 17.2 Å². The number of anilines is 1. The number of benzene rings is 3. The van der Waals surface area contributed by atoms with Crippen molar-refractivity contribution >= 4 is 55.5 Å². The summed E-state index contributed by atoms with van der Waals surface area (Å²) in [6.07, 6.45) is 0. The zero-order valence-electron chi connectivity index (χ0n) is 21.1. The molecule has 0 aliphatic heterocycles. The predicted molar refractivity (Wildman–Crippen MR) is 147 cm³/mol. The van der Waals surface area contributed by atoms with Crippen LogP contribution >= 0.6 is 24.0 Å². The lowest BCUT2D eigenvalue weighted by Gasteiger charge is -2.32. The number of carbonyl (C=O) groups excluding carboxylic acids is 1. The molecule has 0 spiro atoms. The summed E-state index contributed by atoms with van der Waals surface area (Å²) in [4.78, 5) is 11.3. The number of carbonyl (C=O) groups is 1. The van der Waals surface area contributed by atoms with Crippen LogP contribution in [-0.4, -0.2) is 41.7 Å². The van der Waals surface area contributed by atoms with Crippen molar-refractivity contribution in [2.24, 2.45) is 5.73 Å². The van der Waals surface area contributed by atoms with E-state index in [1.54, 1.807) is 0 Å². The summed E-state index contributed by atoms with van der Waals surface area (Å²) in [5, 5.41) is 0.224. The minimum atomic E-state index is -4.62. The van der Waals surface area contributed by atoms with Crippen LogP contribution in [0.5, 0.6) is 0 Å². The highest BCUT2D eigenvalue weighted by atomic mass is 35.5. The molecule has 218 valence electrons. The highest BCUT2D eigenvalue weighted by Crippen LogP contribution is 2.37. The molecule has 0 bridgehead atoms. The Bertz CT molecular complexity index is 1590. The number of halogens is 5. The third-order valence-corrected chi connectivity index (χ3v) is 9.50. The van der Waals surface area contributed by atoms with Crippen molar-refractivity contribution < 1.29 is 39.5 Å². The lowest BCUT2D eigenvalue weighted by atomic mass is 10.0. The molecule has 15 heteroatoms. The van der Waals surface area contributed by atoms with Crippen molar-refractivity contribution in [1.29, 1.82) is 0 Å². The van der Waals surface area contributed by atoms with Gasteiger partial charge in [0.15, 0.2) is 9.84 Å². The van der Waals surface area contributed by atoms with Crippen LogP contribution in [0.4, 0.5) is 18.9 Å². The third-order valence-electron chi connectivity index (χ3n) is 5.74. The number of nitrogens with zero attached hydrogens (tertiary/aromatic N) is 1. The molecule has 0 saturated carbocycles. The molecular weight excluding hydrogens is 616 g/mol. The second kappa shape index (κ2) is 13.2. The first kappa shape index (κ1) is 33.4. The zero-order valence-corrected chi connectivity index (χ0v) is 24.3. The fourth-order valence-corrected chi connectivity index (χ4v) is 7.23. The topological polar surface area (TPSA) is 124 Å². The van der Waals surface area contributed by atoms with Crippen LogP contribution < -0.4 is 10.0 Å². The number of methoxy groups -OCH3 is 1. The highest BCUT2D eigenvalue weighted by Gasteiger charge is 2.34. The van der Waals surface area contributed by atoms with Gasteiger partial charge in [0.05, 0.1) is 35.2 Å². The van der Waals surface area contributed by atoms with Gasteiger partial charge in [-0.05, 0) is 66.6 Å². The second-order valence-electron chi connectivity index (χ2n) is 8.55. The van der Waals surface area contributed by atoms with E-state index >= 15 is 0 Å². The van der Waals surface area contributed by atoms with Gasteiger partial charge in [0.25, 0.3) is 10.0 Å². The summed E-state index contributed by atoms with van der Waals surface area (Å²) in [6, 6.07) is 7.24. The molecule has 2 N–H and O–H groups in total. The summed E-state index contributed by atoms with van der Waals surface area (Å²) in [7, 11) is -7.76. The van der Waals surface area contributed by atoms with Gasteiger partial charge in [0.2, 0.25) is 0 Å². The molecule has 2 atom stereocenters. The smallest absolute Gasteiger partial charge is 0.323 e. The molecule has 1 unspecified atom stereocenters. The van der Waals surface area contributed by atoms with Gasteiger partial charge in [0, 0.05) is 11.1 Å². The van der Waals surface area contributed by atoms with Crippen molar-refractivity contribution in [2.45, 2.75) is 29.7 Å². The molecule has 0 fully saturated rings. The molecule has 0 aliphatic rings. The number of ether oxygens (including phenoxy) is 1. The van der Waals surface area contributed by atoms with Gasteiger partial charge in [-0.3, -0.25) is 9.10 Å². The average molecular weight is 642 g/mol. The van der Waals surface area contributed by atoms with Gasteiger partial charge in [-0.1, -0.05) is 17.7 Å². The molecule has 0 heterocycles. The first-order valence-corrected chi connectivity index (χ1v) is 14.9. The Morgan fingerprint density at radius 3 is 2.15 bits per heavy atom. The number of rotatable bonds is 10. The van der Waals surface area contributed by atoms with Crippen LogP contribution in [0.25, 0.3) is 0 Å². The maximum atomic E-state index is 15.0. The first-order chi connectivity index (χ1) is 18.2. The monoisotopic (exact) mass is 640 g/mol. The maximum Gasteiger partial charge on any atom is 0.323 e. The Hall–Kier alpha value is -2.84. The normalized spacial score (nSPS) is 13.2. The van der Waals surface area contributed by atoms with Gasteiger partial charge in [0.1, 0.15) is 23.5 Å². The fourth-order valence-electron chi connectivity index (χ4n) is 3.94.